The van der Waals surface area contributed by atoms with E-state index in [0.29, 0.717) is 23.3 Å². The topological polar surface area (TPSA) is 9.23 Å². The smallest absolute Gasteiger partial charge is 0.0732 e. The van der Waals surface area contributed by atoms with Crippen LogP contribution in [-0.2, 0) is 18.0 Å². The first-order chi connectivity index (χ1) is 9.06. The van der Waals surface area contributed by atoms with Crippen molar-refractivity contribution in [2.45, 2.75) is 13.2 Å². The van der Waals surface area contributed by atoms with E-state index in [0.717, 1.165) is 20.1 Å². The Hall–Kier alpha value is -0.0600. The maximum absolute atomic E-state index is 5.96. The third kappa shape index (κ3) is 4.47. The van der Waals surface area contributed by atoms with E-state index in [1.165, 1.54) is 0 Å². The van der Waals surface area contributed by atoms with Crippen LogP contribution in [0, 0.1) is 0 Å². The lowest BCUT2D eigenvalue weighted by molar-refractivity contribution is 0.106. The van der Waals surface area contributed by atoms with Gasteiger partial charge in [-0.1, -0.05) is 55.1 Å². The van der Waals surface area contributed by atoms with Crippen LogP contribution in [0.1, 0.15) is 11.1 Å². The van der Waals surface area contributed by atoms with Gasteiger partial charge in [0.25, 0.3) is 0 Å². The van der Waals surface area contributed by atoms with Crippen molar-refractivity contribution < 1.29 is 4.74 Å². The maximum atomic E-state index is 5.96. The molecule has 0 aromatic heterocycles. The zero-order valence-corrected chi connectivity index (χ0v) is 14.5. The van der Waals surface area contributed by atoms with Crippen molar-refractivity contribution >= 4 is 55.1 Å². The Bertz CT molecular complexity index is 536. The summed E-state index contributed by atoms with van der Waals surface area (Å²) in [4.78, 5) is 0. The molecule has 0 saturated carbocycles. The molecule has 2 rings (SSSR count). The van der Waals surface area contributed by atoms with E-state index in [1.54, 1.807) is 0 Å². The summed E-state index contributed by atoms with van der Waals surface area (Å²) in [7, 11) is 0. The number of hydrogen-bond acceptors (Lipinski definition) is 1. The van der Waals surface area contributed by atoms with E-state index in [1.807, 2.05) is 36.4 Å². The van der Waals surface area contributed by atoms with Crippen molar-refractivity contribution in [1.29, 1.82) is 0 Å². The molecular weight excluding hydrogens is 415 g/mol. The number of benzene rings is 2. The van der Waals surface area contributed by atoms with Gasteiger partial charge in [0.05, 0.1) is 13.2 Å². The molecule has 0 N–H and O–H groups in total. The van der Waals surface area contributed by atoms with Gasteiger partial charge in [-0.2, -0.15) is 0 Å². The minimum atomic E-state index is 0.486. The minimum Gasteiger partial charge on any atom is -0.372 e. The highest BCUT2D eigenvalue weighted by Crippen LogP contribution is 2.24. The molecule has 5 heteroatoms. The van der Waals surface area contributed by atoms with Gasteiger partial charge in [-0.3, -0.25) is 0 Å². The van der Waals surface area contributed by atoms with Crippen LogP contribution in [0.3, 0.4) is 0 Å². The van der Waals surface area contributed by atoms with E-state index < -0.39 is 0 Å². The Labute approximate surface area is 139 Å². The molecule has 2 aromatic carbocycles. The summed E-state index contributed by atoms with van der Waals surface area (Å²) >= 11 is 18.9. The van der Waals surface area contributed by atoms with Crippen molar-refractivity contribution in [3.05, 3.63) is 66.5 Å². The molecular formula is C14H10Br2Cl2O. The van der Waals surface area contributed by atoms with Crippen LogP contribution in [0.15, 0.2) is 45.3 Å². The summed E-state index contributed by atoms with van der Waals surface area (Å²) in [5, 5.41) is 1.40. The molecule has 0 bridgehead atoms. The van der Waals surface area contributed by atoms with Crippen LogP contribution in [0.25, 0.3) is 0 Å². The Morgan fingerprint density at radius 1 is 0.789 bits per heavy atom. The number of halogens is 4. The fraction of sp³-hybridized carbons (Fsp3) is 0.143. The van der Waals surface area contributed by atoms with Crippen LogP contribution in [0.5, 0.6) is 0 Å². The number of hydrogen-bond donors (Lipinski definition) is 0. The van der Waals surface area contributed by atoms with E-state index >= 15 is 0 Å². The second-order valence-corrected chi connectivity index (χ2v) is 6.55. The number of ether oxygens (including phenoxy) is 1. The van der Waals surface area contributed by atoms with Crippen molar-refractivity contribution in [2.24, 2.45) is 0 Å². The molecule has 0 aliphatic rings. The van der Waals surface area contributed by atoms with Gasteiger partial charge in [-0.15, -0.1) is 0 Å². The van der Waals surface area contributed by atoms with E-state index in [9.17, 15) is 0 Å². The lowest BCUT2D eigenvalue weighted by Gasteiger charge is -2.09. The average Bonchev–Trinajstić information content (AvgIpc) is 2.38. The summed E-state index contributed by atoms with van der Waals surface area (Å²) in [6.07, 6.45) is 0. The molecule has 0 unspecified atom stereocenters. The summed E-state index contributed by atoms with van der Waals surface area (Å²) < 4.78 is 7.68. The van der Waals surface area contributed by atoms with Crippen LogP contribution >= 0.6 is 55.1 Å². The van der Waals surface area contributed by atoms with Gasteiger partial charge in [0, 0.05) is 19.0 Å². The lowest BCUT2D eigenvalue weighted by Crippen LogP contribution is -1.96. The van der Waals surface area contributed by atoms with Gasteiger partial charge >= 0.3 is 0 Å². The van der Waals surface area contributed by atoms with E-state index in [-0.39, 0.29) is 0 Å². The van der Waals surface area contributed by atoms with Crippen molar-refractivity contribution in [1.82, 2.24) is 0 Å². The largest absolute Gasteiger partial charge is 0.372 e. The predicted octanol–water partition coefficient (Wildman–Crippen LogP) is 6.24. The van der Waals surface area contributed by atoms with Crippen LogP contribution in [-0.4, -0.2) is 0 Å². The Morgan fingerprint density at radius 2 is 1.21 bits per heavy atom. The van der Waals surface area contributed by atoms with Gasteiger partial charge in [-0.05, 0) is 47.5 Å². The number of rotatable bonds is 4. The molecule has 0 spiro atoms. The molecule has 0 aliphatic heterocycles. The fourth-order valence-electron chi connectivity index (χ4n) is 1.58. The quantitative estimate of drug-likeness (QED) is 0.564. The van der Waals surface area contributed by atoms with Crippen LogP contribution in [0.4, 0.5) is 0 Å². The molecule has 100 valence electrons. The lowest BCUT2D eigenvalue weighted by atomic mass is 10.2. The second kappa shape index (κ2) is 7.09. The molecule has 0 radical (unpaired) electrons. The van der Waals surface area contributed by atoms with Gasteiger partial charge < -0.3 is 4.74 Å². The third-order valence-corrected chi connectivity index (χ3v) is 4.55. The highest BCUT2D eigenvalue weighted by molar-refractivity contribution is 9.10. The minimum absolute atomic E-state index is 0.486. The second-order valence-electron chi connectivity index (χ2n) is 3.96. The third-order valence-electron chi connectivity index (χ3n) is 2.53. The first kappa shape index (κ1) is 15.3. The van der Waals surface area contributed by atoms with E-state index in [4.69, 9.17) is 27.9 Å². The van der Waals surface area contributed by atoms with Gasteiger partial charge in [0.1, 0.15) is 0 Å². The first-order valence-electron chi connectivity index (χ1n) is 5.52. The fourth-order valence-corrected chi connectivity index (χ4v) is 2.69. The zero-order chi connectivity index (χ0) is 13.8. The Kier molecular flexibility index (Phi) is 5.72. The van der Waals surface area contributed by atoms with Crippen molar-refractivity contribution in [3.8, 4) is 0 Å². The predicted molar refractivity (Wildman–Crippen MR) is 86.8 cm³/mol. The van der Waals surface area contributed by atoms with Gasteiger partial charge in [0.2, 0.25) is 0 Å². The summed E-state index contributed by atoms with van der Waals surface area (Å²) in [5.74, 6) is 0. The zero-order valence-electron chi connectivity index (χ0n) is 9.80. The summed E-state index contributed by atoms with van der Waals surface area (Å²) in [6, 6.07) is 11.3. The highest BCUT2D eigenvalue weighted by Gasteiger charge is 2.04. The summed E-state index contributed by atoms with van der Waals surface area (Å²) in [5.41, 5.74) is 2.04. The monoisotopic (exact) mass is 422 g/mol. The first-order valence-corrected chi connectivity index (χ1v) is 7.86. The highest BCUT2D eigenvalue weighted by atomic mass is 79.9. The molecule has 0 aliphatic carbocycles. The molecule has 19 heavy (non-hydrogen) atoms. The van der Waals surface area contributed by atoms with Gasteiger partial charge in [-0.25, -0.2) is 0 Å². The van der Waals surface area contributed by atoms with E-state index in [2.05, 4.69) is 31.9 Å². The molecule has 1 nitrogen and oxygen atoms in total. The summed E-state index contributed by atoms with van der Waals surface area (Å²) in [6.45, 7) is 0.972. The Balaban J connectivity index is 2.00. The standard InChI is InChI=1S/C14H10Br2Cl2O/c15-13-3-1-11(17)5-9(13)7-19-8-10-6-12(18)2-4-14(10)16/h1-6H,7-8H2. The average molecular weight is 425 g/mol. The molecule has 0 saturated heterocycles. The van der Waals surface area contributed by atoms with Crippen LogP contribution < -0.4 is 0 Å². The van der Waals surface area contributed by atoms with Crippen molar-refractivity contribution in [2.75, 3.05) is 0 Å². The van der Waals surface area contributed by atoms with Crippen molar-refractivity contribution in [3.63, 3.8) is 0 Å². The molecule has 2 aromatic rings. The Morgan fingerprint density at radius 3 is 1.63 bits per heavy atom. The van der Waals surface area contributed by atoms with Gasteiger partial charge in [0.15, 0.2) is 0 Å². The van der Waals surface area contributed by atoms with Crippen LogP contribution in [0.2, 0.25) is 10.0 Å². The molecule has 0 amide bonds. The maximum Gasteiger partial charge on any atom is 0.0732 e. The molecule has 0 atom stereocenters. The SMILES string of the molecule is Clc1ccc(Br)c(COCc2cc(Cl)ccc2Br)c1. The molecule has 0 heterocycles. The normalized spacial score (nSPS) is 10.7. The molecule has 0 fully saturated rings.